The van der Waals surface area contributed by atoms with Gasteiger partial charge in [-0.2, -0.15) is 0 Å². The summed E-state index contributed by atoms with van der Waals surface area (Å²) in [6.45, 7) is 3.21. The predicted molar refractivity (Wildman–Crippen MR) is 133 cm³/mol. The average molecular weight is 461 g/mol. The van der Waals surface area contributed by atoms with Crippen LogP contribution in [0.3, 0.4) is 0 Å². The van der Waals surface area contributed by atoms with Gasteiger partial charge in [0, 0.05) is 37.4 Å². The number of carbonyl (C=O) groups excluding carboxylic acids is 2. The number of aromatic hydroxyl groups is 1. The molecule has 0 spiro atoms. The summed E-state index contributed by atoms with van der Waals surface area (Å²) < 4.78 is 5.26. The molecular weight excluding hydrogens is 432 g/mol. The number of phenols is 1. The fourth-order valence-electron chi connectivity index (χ4n) is 3.93. The first-order valence-electron chi connectivity index (χ1n) is 11.1. The zero-order valence-electron chi connectivity index (χ0n) is 19.0. The Labute approximate surface area is 198 Å². The normalized spacial score (nSPS) is 13.9. The van der Waals surface area contributed by atoms with Gasteiger partial charge in [-0.3, -0.25) is 14.5 Å². The Kier molecular flexibility index (Phi) is 7.29. The largest absolute Gasteiger partial charge is 0.506 e. The molecule has 3 N–H and O–H groups in total. The number of amides is 2. The third-order valence-corrected chi connectivity index (χ3v) is 5.75. The van der Waals surface area contributed by atoms with Crippen LogP contribution in [-0.4, -0.2) is 61.7 Å². The van der Waals surface area contributed by atoms with Crippen LogP contribution in [-0.2, 0) is 4.79 Å². The maximum Gasteiger partial charge on any atom is 0.255 e. The molecule has 1 heterocycles. The molecule has 0 aromatic heterocycles. The number of piperazine rings is 1. The van der Waals surface area contributed by atoms with Crippen LogP contribution in [0.2, 0.25) is 0 Å². The van der Waals surface area contributed by atoms with E-state index < -0.39 is 0 Å². The topological polar surface area (TPSA) is 94.1 Å². The van der Waals surface area contributed by atoms with E-state index in [0.29, 0.717) is 22.7 Å². The van der Waals surface area contributed by atoms with Crippen molar-refractivity contribution in [3.63, 3.8) is 0 Å². The number of carbonyl (C=O) groups is 2. The molecule has 0 atom stereocenters. The SMILES string of the molecule is COc1ccccc1NC(=O)c1ccc(NC(=O)CN2CCN(c3ccccc3O)CC2)cc1. The molecule has 0 unspecified atom stereocenters. The van der Waals surface area contributed by atoms with E-state index in [4.69, 9.17) is 4.74 Å². The van der Waals surface area contributed by atoms with Crippen molar-refractivity contribution < 1.29 is 19.4 Å². The van der Waals surface area contributed by atoms with Gasteiger partial charge in [-0.1, -0.05) is 24.3 Å². The van der Waals surface area contributed by atoms with Gasteiger partial charge in [0.1, 0.15) is 11.5 Å². The van der Waals surface area contributed by atoms with E-state index in [1.54, 1.807) is 55.6 Å². The highest BCUT2D eigenvalue weighted by atomic mass is 16.5. The Morgan fingerprint density at radius 1 is 0.882 bits per heavy atom. The van der Waals surface area contributed by atoms with E-state index in [0.717, 1.165) is 31.9 Å². The molecule has 0 bridgehead atoms. The van der Waals surface area contributed by atoms with Crippen LogP contribution >= 0.6 is 0 Å². The van der Waals surface area contributed by atoms with Crippen molar-refractivity contribution in [3.8, 4) is 11.5 Å². The molecule has 1 fully saturated rings. The van der Waals surface area contributed by atoms with Gasteiger partial charge in [0.2, 0.25) is 5.91 Å². The third kappa shape index (κ3) is 5.65. The third-order valence-electron chi connectivity index (χ3n) is 5.75. The van der Waals surface area contributed by atoms with Crippen molar-refractivity contribution in [2.24, 2.45) is 0 Å². The summed E-state index contributed by atoms with van der Waals surface area (Å²) >= 11 is 0. The van der Waals surface area contributed by atoms with Crippen molar-refractivity contribution >= 4 is 28.9 Å². The summed E-state index contributed by atoms with van der Waals surface area (Å²) in [7, 11) is 1.55. The second-order valence-corrected chi connectivity index (χ2v) is 8.03. The molecule has 34 heavy (non-hydrogen) atoms. The summed E-state index contributed by atoms with van der Waals surface area (Å²) in [5, 5.41) is 15.8. The molecule has 4 rings (SSSR count). The molecule has 2 amide bonds. The van der Waals surface area contributed by atoms with Crippen LogP contribution in [0.5, 0.6) is 11.5 Å². The van der Waals surface area contributed by atoms with Crippen LogP contribution in [0.25, 0.3) is 0 Å². The van der Waals surface area contributed by atoms with Crippen molar-refractivity contribution in [1.82, 2.24) is 4.90 Å². The zero-order chi connectivity index (χ0) is 23.9. The number of rotatable bonds is 7. The first kappa shape index (κ1) is 23.1. The number of methoxy groups -OCH3 is 1. The molecule has 1 aliphatic heterocycles. The van der Waals surface area contributed by atoms with Crippen LogP contribution in [0.15, 0.2) is 72.8 Å². The number of ether oxygens (including phenoxy) is 1. The second-order valence-electron chi connectivity index (χ2n) is 8.03. The molecule has 176 valence electrons. The summed E-state index contributed by atoms with van der Waals surface area (Å²) in [5.74, 6) is 0.488. The standard InChI is InChI=1S/C26H28N4O4/c1-34-24-9-5-2-6-21(24)28-26(33)19-10-12-20(13-11-19)27-25(32)18-29-14-16-30(17-15-29)22-7-3-4-8-23(22)31/h2-13,31H,14-18H2,1H3,(H,27,32)(H,28,33). The van der Waals surface area contributed by atoms with Gasteiger partial charge in [0.15, 0.2) is 0 Å². The lowest BCUT2D eigenvalue weighted by atomic mass is 10.2. The number of benzene rings is 3. The Morgan fingerprint density at radius 3 is 2.26 bits per heavy atom. The number of para-hydroxylation sites is 4. The van der Waals surface area contributed by atoms with Crippen LogP contribution in [0.1, 0.15) is 10.4 Å². The van der Waals surface area contributed by atoms with E-state index in [1.807, 2.05) is 24.3 Å². The highest BCUT2D eigenvalue weighted by molar-refractivity contribution is 6.05. The van der Waals surface area contributed by atoms with Crippen LogP contribution in [0, 0.1) is 0 Å². The lowest BCUT2D eigenvalue weighted by molar-refractivity contribution is -0.117. The minimum atomic E-state index is -0.260. The van der Waals surface area contributed by atoms with E-state index in [9.17, 15) is 14.7 Å². The molecular formula is C26H28N4O4. The van der Waals surface area contributed by atoms with Crippen molar-refractivity contribution in [3.05, 3.63) is 78.4 Å². The zero-order valence-corrected chi connectivity index (χ0v) is 19.0. The van der Waals surface area contributed by atoms with Gasteiger partial charge in [0.25, 0.3) is 5.91 Å². The summed E-state index contributed by atoms with van der Waals surface area (Å²) in [5.41, 5.74) is 2.52. The van der Waals surface area contributed by atoms with Crippen LogP contribution < -0.4 is 20.3 Å². The highest BCUT2D eigenvalue weighted by Gasteiger charge is 2.20. The average Bonchev–Trinajstić information content (AvgIpc) is 2.85. The van der Waals surface area contributed by atoms with E-state index in [2.05, 4.69) is 20.4 Å². The maximum atomic E-state index is 12.5. The smallest absolute Gasteiger partial charge is 0.255 e. The summed E-state index contributed by atoms with van der Waals surface area (Å²) in [6.07, 6.45) is 0. The molecule has 1 aliphatic rings. The quantitative estimate of drug-likeness (QED) is 0.500. The predicted octanol–water partition coefficient (Wildman–Crippen LogP) is 3.41. The molecule has 8 heteroatoms. The first-order valence-corrected chi connectivity index (χ1v) is 11.1. The lowest BCUT2D eigenvalue weighted by Crippen LogP contribution is -2.48. The molecule has 0 saturated carbocycles. The molecule has 0 aliphatic carbocycles. The highest BCUT2D eigenvalue weighted by Crippen LogP contribution is 2.27. The number of hydrogen-bond donors (Lipinski definition) is 3. The van der Waals surface area contributed by atoms with Gasteiger partial charge in [-0.15, -0.1) is 0 Å². The van der Waals surface area contributed by atoms with Gasteiger partial charge in [-0.25, -0.2) is 0 Å². The fourth-order valence-corrected chi connectivity index (χ4v) is 3.93. The van der Waals surface area contributed by atoms with Gasteiger partial charge in [0.05, 0.1) is 25.0 Å². The number of nitrogens with zero attached hydrogens (tertiary/aromatic N) is 2. The van der Waals surface area contributed by atoms with Gasteiger partial charge >= 0.3 is 0 Å². The van der Waals surface area contributed by atoms with E-state index in [1.165, 1.54) is 0 Å². The molecule has 3 aromatic rings. The first-order chi connectivity index (χ1) is 16.5. The maximum absolute atomic E-state index is 12.5. The molecule has 0 radical (unpaired) electrons. The summed E-state index contributed by atoms with van der Waals surface area (Å²) in [6, 6.07) is 21.3. The Morgan fingerprint density at radius 2 is 1.56 bits per heavy atom. The number of phenolic OH excluding ortho intramolecular Hbond substituents is 1. The van der Waals surface area contributed by atoms with Crippen molar-refractivity contribution in [2.45, 2.75) is 0 Å². The number of nitrogens with one attached hydrogen (secondary N) is 2. The van der Waals surface area contributed by atoms with E-state index >= 15 is 0 Å². The minimum absolute atomic E-state index is 0.109. The molecule has 3 aromatic carbocycles. The van der Waals surface area contributed by atoms with Crippen LogP contribution in [0.4, 0.5) is 17.1 Å². The number of anilines is 3. The fraction of sp³-hybridized carbons (Fsp3) is 0.231. The number of hydrogen-bond acceptors (Lipinski definition) is 6. The Hall–Kier alpha value is -4.04. The Balaban J connectivity index is 1.26. The van der Waals surface area contributed by atoms with Gasteiger partial charge in [-0.05, 0) is 48.5 Å². The summed E-state index contributed by atoms with van der Waals surface area (Å²) in [4.78, 5) is 29.3. The molecule has 1 saturated heterocycles. The van der Waals surface area contributed by atoms with Crippen molar-refractivity contribution in [1.29, 1.82) is 0 Å². The van der Waals surface area contributed by atoms with Crippen molar-refractivity contribution in [2.75, 3.05) is 55.4 Å². The lowest BCUT2D eigenvalue weighted by Gasteiger charge is -2.35. The van der Waals surface area contributed by atoms with Gasteiger partial charge < -0.3 is 25.4 Å². The molecule has 8 nitrogen and oxygen atoms in total. The Bertz CT molecular complexity index is 1140. The minimum Gasteiger partial charge on any atom is -0.506 e. The monoisotopic (exact) mass is 460 g/mol. The van der Waals surface area contributed by atoms with E-state index in [-0.39, 0.29) is 24.1 Å². The second kappa shape index (κ2) is 10.7.